The van der Waals surface area contributed by atoms with Crippen molar-refractivity contribution in [1.82, 2.24) is 20.1 Å². The fourth-order valence-corrected chi connectivity index (χ4v) is 2.96. The van der Waals surface area contributed by atoms with E-state index < -0.39 is 0 Å². The zero-order valence-corrected chi connectivity index (χ0v) is 13.9. The molecule has 2 N–H and O–H groups in total. The quantitative estimate of drug-likeness (QED) is 0.829. The van der Waals surface area contributed by atoms with E-state index in [0.717, 1.165) is 12.0 Å². The summed E-state index contributed by atoms with van der Waals surface area (Å²) in [7, 11) is 0. The molecular formula is C17H22N4O3. The van der Waals surface area contributed by atoms with E-state index >= 15 is 0 Å². The Morgan fingerprint density at radius 1 is 1.42 bits per heavy atom. The number of nitrogens with zero attached hydrogens (tertiary/aromatic N) is 2. The summed E-state index contributed by atoms with van der Waals surface area (Å²) in [6.07, 6.45) is 2.19. The van der Waals surface area contributed by atoms with Crippen molar-refractivity contribution < 1.29 is 9.53 Å². The van der Waals surface area contributed by atoms with Crippen LogP contribution in [0.3, 0.4) is 0 Å². The summed E-state index contributed by atoms with van der Waals surface area (Å²) in [5, 5.41) is 8.86. The summed E-state index contributed by atoms with van der Waals surface area (Å²) in [4.78, 5) is 23.5. The Bertz CT molecular complexity index is 750. The van der Waals surface area contributed by atoms with E-state index in [4.69, 9.17) is 4.74 Å². The molecule has 0 saturated heterocycles. The van der Waals surface area contributed by atoms with Gasteiger partial charge in [0.05, 0.1) is 12.7 Å². The van der Waals surface area contributed by atoms with Gasteiger partial charge in [-0.05, 0) is 12.0 Å². The third-order valence-corrected chi connectivity index (χ3v) is 4.74. The van der Waals surface area contributed by atoms with E-state index in [2.05, 4.69) is 29.4 Å². The lowest BCUT2D eigenvalue weighted by Crippen LogP contribution is -2.62. The predicted molar refractivity (Wildman–Crippen MR) is 88.2 cm³/mol. The standard InChI is InChI=1S/C17H22N4O3/c1-17(2)13(19-15(22)9-21-11-18-20-16(21)23)8-14(17)24-10-12-6-4-3-5-7-12/h3-7,11,13-14H,8-10H2,1-2H3,(H,19,22)(H,20,23)/t13-,14+/m0/s1. The first-order valence-electron chi connectivity index (χ1n) is 8.01. The number of carbonyl (C=O) groups excluding carboxylic acids is 1. The van der Waals surface area contributed by atoms with Gasteiger partial charge in [-0.3, -0.25) is 9.36 Å². The molecule has 1 heterocycles. The number of benzene rings is 1. The van der Waals surface area contributed by atoms with Gasteiger partial charge in [-0.25, -0.2) is 9.89 Å². The second-order valence-electron chi connectivity index (χ2n) is 6.75. The molecule has 1 saturated carbocycles. The summed E-state index contributed by atoms with van der Waals surface area (Å²) in [6.45, 7) is 4.71. The van der Waals surface area contributed by atoms with Gasteiger partial charge in [0.25, 0.3) is 0 Å². The number of amides is 1. The zero-order valence-electron chi connectivity index (χ0n) is 13.9. The molecule has 1 fully saturated rings. The van der Waals surface area contributed by atoms with Crippen LogP contribution < -0.4 is 11.0 Å². The van der Waals surface area contributed by atoms with E-state index in [9.17, 15) is 9.59 Å². The van der Waals surface area contributed by atoms with Crippen LogP contribution in [0.5, 0.6) is 0 Å². The van der Waals surface area contributed by atoms with Crippen molar-refractivity contribution in [1.29, 1.82) is 0 Å². The largest absolute Gasteiger partial charge is 0.373 e. The normalized spacial score (nSPS) is 21.9. The molecule has 0 unspecified atom stereocenters. The van der Waals surface area contributed by atoms with Gasteiger partial charge in [0.2, 0.25) is 5.91 Å². The van der Waals surface area contributed by atoms with Gasteiger partial charge in [-0.15, -0.1) is 0 Å². The third-order valence-electron chi connectivity index (χ3n) is 4.74. The van der Waals surface area contributed by atoms with Crippen LogP contribution in [0.15, 0.2) is 41.5 Å². The molecule has 1 amide bonds. The fraction of sp³-hybridized carbons (Fsp3) is 0.471. The third kappa shape index (κ3) is 3.41. The first-order chi connectivity index (χ1) is 11.5. The second kappa shape index (κ2) is 6.60. The average Bonchev–Trinajstić information content (AvgIpc) is 2.96. The lowest BCUT2D eigenvalue weighted by atomic mass is 9.64. The number of carbonyl (C=O) groups is 1. The number of nitrogens with one attached hydrogen (secondary N) is 2. The van der Waals surface area contributed by atoms with Gasteiger partial charge in [-0.2, -0.15) is 5.10 Å². The number of rotatable bonds is 6. The molecule has 0 radical (unpaired) electrons. The number of aromatic nitrogens is 3. The maximum Gasteiger partial charge on any atom is 0.343 e. The molecule has 2 aromatic rings. The molecule has 1 aliphatic carbocycles. The minimum atomic E-state index is -0.387. The smallest absolute Gasteiger partial charge is 0.343 e. The Morgan fingerprint density at radius 2 is 2.17 bits per heavy atom. The van der Waals surface area contributed by atoms with E-state index in [-0.39, 0.29) is 35.7 Å². The topological polar surface area (TPSA) is 89.0 Å². The van der Waals surface area contributed by atoms with Gasteiger partial charge in [0, 0.05) is 11.5 Å². The van der Waals surface area contributed by atoms with Crippen molar-refractivity contribution in [3.05, 3.63) is 52.7 Å². The van der Waals surface area contributed by atoms with Gasteiger partial charge in [-0.1, -0.05) is 44.2 Å². The molecule has 1 aromatic carbocycles. The Morgan fingerprint density at radius 3 is 2.79 bits per heavy atom. The van der Waals surface area contributed by atoms with Crippen LogP contribution in [-0.2, 0) is 22.7 Å². The van der Waals surface area contributed by atoms with Crippen molar-refractivity contribution in [3.63, 3.8) is 0 Å². The van der Waals surface area contributed by atoms with E-state index in [1.165, 1.54) is 10.9 Å². The zero-order chi connectivity index (χ0) is 17.2. The van der Waals surface area contributed by atoms with Gasteiger partial charge in [0.15, 0.2) is 0 Å². The molecule has 1 aromatic heterocycles. The molecule has 128 valence electrons. The first kappa shape index (κ1) is 16.4. The molecule has 0 aliphatic heterocycles. The van der Waals surface area contributed by atoms with Crippen molar-refractivity contribution >= 4 is 5.91 Å². The van der Waals surface area contributed by atoms with Gasteiger partial charge < -0.3 is 10.1 Å². The molecule has 24 heavy (non-hydrogen) atoms. The van der Waals surface area contributed by atoms with Crippen molar-refractivity contribution in [3.8, 4) is 0 Å². The predicted octanol–water partition coefficient (Wildman–Crippen LogP) is 1.07. The van der Waals surface area contributed by atoms with Crippen LogP contribution in [0.25, 0.3) is 0 Å². The van der Waals surface area contributed by atoms with Crippen LogP contribution in [0.1, 0.15) is 25.8 Å². The minimum absolute atomic E-state index is 0.0303. The highest BCUT2D eigenvalue weighted by Crippen LogP contribution is 2.43. The Hall–Kier alpha value is -2.41. The summed E-state index contributed by atoms with van der Waals surface area (Å²) < 4.78 is 7.24. The first-order valence-corrected chi connectivity index (χ1v) is 8.01. The lowest BCUT2D eigenvalue weighted by molar-refractivity contribution is -0.141. The van der Waals surface area contributed by atoms with Gasteiger partial charge >= 0.3 is 5.69 Å². The molecular weight excluding hydrogens is 308 g/mol. The SMILES string of the molecule is CC1(C)[C@@H](NC(=O)Cn2cn[nH]c2=O)C[C@H]1OCc1ccccc1. The van der Waals surface area contributed by atoms with Crippen LogP contribution >= 0.6 is 0 Å². The molecule has 1 aliphatic rings. The second-order valence-corrected chi connectivity index (χ2v) is 6.75. The number of ether oxygens (including phenoxy) is 1. The highest BCUT2D eigenvalue weighted by molar-refractivity contribution is 5.76. The van der Waals surface area contributed by atoms with E-state index in [1.54, 1.807) is 0 Å². The molecule has 7 heteroatoms. The van der Waals surface area contributed by atoms with E-state index in [1.807, 2.05) is 30.3 Å². The highest BCUT2D eigenvalue weighted by atomic mass is 16.5. The van der Waals surface area contributed by atoms with Crippen LogP contribution in [0.4, 0.5) is 0 Å². The molecule has 2 atom stereocenters. The number of H-pyrrole nitrogens is 1. The minimum Gasteiger partial charge on any atom is -0.373 e. The van der Waals surface area contributed by atoms with Crippen LogP contribution in [-0.4, -0.2) is 32.8 Å². The lowest BCUT2D eigenvalue weighted by Gasteiger charge is -2.51. The summed E-state index contributed by atoms with van der Waals surface area (Å²) in [5.74, 6) is -0.196. The van der Waals surface area contributed by atoms with Crippen LogP contribution in [0, 0.1) is 5.41 Å². The van der Waals surface area contributed by atoms with Crippen molar-refractivity contribution in [2.75, 3.05) is 0 Å². The van der Waals surface area contributed by atoms with Crippen molar-refractivity contribution in [2.24, 2.45) is 5.41 Å². The monoisotopic (exact) mass is 330 g/mol. The van der Waals surface area contributed by atoms with Crippen molar-refractivity contribution in [2.45, 2.75) is 45.6 Å². The molecule has 7 nitrogen and oxygen atoms in total. The molecule has 0 spiro atoms. The Kier molecular flexibility index (Phi) is 4.53. The molecule has 3 rings (SSSR count). The summed E-state index contributed by atoms with van der Waals surface area (Å²) >= 11 is 0. The number of hydrogen-bond acceptors (Lipinski definition) is 4. The fourth-order valence-electron chi connectivity index (χ4n) is 2.96. The van der Waals surface area contributed by atoms with Gasteiger partial charge in [0.1, 0.15) is 12.9 Å². The number of aromatic amines is 1. The maximum atomic E-state index is 12.1. The number of hydrogen-bond donors (Lipinski definition) is 2. The van der Waals surface area contributed by atoms with E-state index in [0.29, 0.717) is 6.61 Å². The average molecular weight is 330 g/mol. The maximum absolute atomic E-state index is 12.1. The summed E-state index contributed by atoms with van der Waals surface area (Å²) in [6, 6.07) is 10.1. The Labute approximate surface area is 140 Å². The Balaban J connectivity index is 1.49. The van der Waals surface area contributed by atoms with Crippen LogP contribution in [0.2, 0.25) is 0 Å². The summed E-state index contributed by atoms with van der Waals surface area (Å²) in [5.41, 5.74) is 0.605. The highest BCUT2D eigenvalue weighted by Gasteiger charge is 2.49. The molecule has 0 bridgehead atoms.